The number of nitrogens with one attached hydrogen (secondary N) is 1. The molecule has 3 aromatic rings. The minimum absolute atomic E-state index is 0.0845. The second kappa shape index (κ2) is 11.2. The van der Waals surface area contributed by atoms with E-state index in [1.165, 1.54) is 4.90 Å². The normalized spacial score (nSPS) is 15.4. The number of para-hydroxylation sites is 1. The van der Waals surface area contributed by atoms with Gasteiger partial charge in [-0.05, 0) is 42.3 Å². The van der Waals surface area contributed by atoms with Crippen molar-refractivity contribution in [2.45, 2.75) is 19.6 Å². The molecule has 4 rings (SSSR count). The van der Waals surface area contributed by atoms with E-state index in [-0.39, 0.29) is 19.2 Å². The summed E-state index contributed by atoms with van der Waals surface area (Å²) in [6, 6.07) is 25.6. The first-order chi connectivity index (χ1) is 17.0. The lowest BCUT2D eigenvalue weighted by atomic mass is 9.95. The van der Waals surface area contributed by atoms with Gasteiger partial charge < -0.3 is 24.4 Å². The maximum Gasteiger partial charge on any atom is 0.338 e. The van der Waals surface area contributed by atoms with Crippen LogP contribution in [0.5, 0.6) is 11.5 Å². The zero-order valence-electron chi connectivity index (χ0n) is 19.8. The summed E-state index contributed by atoms with van der Waals surface area (Å²) in [6.07, 6.45) is 0. The predicted molar refractivity (Wildman–Crippen MR) is 132 cm³/mol. The number of hydrogen-bond donors (Lipinski definition) is 1. The molecule has 0 aromatic heterocycles. The monoisotopic (exact) mass is 472 g/mol. The van der Waals surface area contributed by atoms with Crippen LogP contribution in [0.2, 0.25) is 0 Å². The van der Waals surface area contributed by atoms with E-state index in [1.807, 2.05) is 84.9 Å². The average molecular weight is 473 g/mol. The molecule has 0 aliphatic carbocycles. The van der Waals surface area contributed by atoms with Gasteiger partial charge in [-0.1, -0.05) is 60.7 Å². The van der Waals surface area contributed by atoms with Crippen LogP contribution in [0.4, 0.5) is 4.79 Å². The van der Waals surface area contributed by atoms with Gasteiger partial charge in [-0.2, -0.15) is 0 Å². The highest BCUT2D eigenvalue weighted by atomic mass is 16.6. The minimum atomic E-state index is -0.635. The van der Waals surface area contributed by atoms with Gasteiger partial charge in [-0.15, -0.1) is 0 Å². The Morgan fingerprint density at radius 3 is 2.17 bits per heavy atom. The molecule has 1 aliphatic rings. The molecule has 0 bridgehead atoms. The summed E-state index contributed by atoms with van der Waals surface area (Å²) >= 11 is 0. The van der Waals surface area contributed by atoms with Crippen molar-refractivity contribution in [2.75, 3.05) is 20.3 Å². The lowest BCUT2D eigenvalue weighted by Gasteiger charge is -2.33. The van der Waals surface area contributed by atoms with Crippen molar-refractivity contribution in [3.05, 3.63) is 107 Å². The van der Waals surface area contributed by atoms with Gasteiger partial charge in [-0.3, -0.25) is 0 Å². The number of ether oxygens (including phenoxy) is 3. The third kappa shape index (κ3) is 6.00. The molecular weight excluding hydrogens is 444 g/mol. The van der Waals surface area contributed by atoms with Gasteiger partial charge in [0.25, 0.3) is 0 Å². The molecule has 1 aliphatic heterocycles. The van der Waals surface area contributed by atoms with Crippen molar-refractivity contribution >= 4 is 12.0 Å². The van der Waals surface area contributed by atoms with Crippen LogP contribution in [0.3, 0.4) is 0 Å². The maximum atomic E-state index is 13.0. The minimum Gasteiger partial charge on any atom is -0.490 e. The van der Waals surface area contributed by atoms with E-state index in [0.717, 1.165) is 11.1 Å². The molecule has 35 heavy (non-hydrogen) atoms. The van der Waals surface area contributed by atoms with Crippen LogP contribution >= 0.6 is 0 Å². The number of benzene rings is 3. The first-order valence-electron chi connectivity index (χ1n) is 11.4. The third-order valence-corrected chi connectivity index (χ3v) is 5.76. The number of amides is 2. The molecule has 1 N–H and O–H groups in total. The summed E-state index contributed by atoms with van der Waals surface area (Å²) in [5.41, 5.74) is 2.74. The molecule has 1 heterocycles. The summed E-state index contributed by atoms with van der Waals surface area (Å²) in [4.78, 5) is 26.9. The highest BCUT2D eigenvalue weighted by Crippen LogP contribution is 2.31. The van der Waals surface area contributed by atoms with Crippen LogP contribution in [-0.4, -0.2) is 37.2 Å². The molecule has 0 saturated heterocycles. The van der Waals surface area contributed by atoms with E-state index < -0.39 is 12.0 Å². The predicted octanol–water partition coefficient (Wildman–Crippen LogP) is 4.86. The van der Waals surface area contributed by atoms with E-state index in [2.05, 4.69) is 5.32 Å². The maximum absolute atomic E-state index is 13.0. The van der Waals surface area contributed by atoms with E-state index >= 15 is 0 Å². The van der Waals surface area contributed by atoms with E-state index in [1.54, 1.807) is 14.0 Å². The molecule has 0 saturated carbocycles. The van der Waals surface area contributed by atoms with Crippen molar-refractivity contribution in [2.24, 2.45) is 0 Å². The van der Waals surface area contributed by atoms with Crippen molar-refractivity contribution in [1.82, 2.24) is 10.2 Å². The smallest absolute Gasteiger partial charge is 0.338 e. The SMILES string of the molecule is CC1=C(C(=O)OCCOc2ccccc2)C(c2ccc(OCc3ccccc3)cc2)NC(=O)N1C. The first kappa shape index (κ1) is 23.9. The van der Waals surface area contributed by atoms with Gasteiger partial charge in [0.1, 0.15) is 31.3 Å². The number of carbonyl (C=O) groups excluding carboxylic acids is 2. The molecular formula is C28H28N2O5. The van der Waals surface area contributed by atoms with E-state index in [4.69, 9.17) is 14.2 Å². The Morgan fingerprint density at radius 1 is 0.857 bits per heavy atom. The van der Waals surface area contributed by atoms with Gasteiger partial charge in [0, 0.05) is 12.7 Å². The number of urea groups is 1. The Labute approximate surface area is 204 Å². The van der Waals surface area contributed by atoms with Crippen molar-refractivity contribution in [3.63, 3.8) is 0 Å². The lowest BCUT2D eigenvalue weighted by Crippen LogP contribution is -2.46. The van der Waals surface area contributed by atoms with Gasteiger partial charge in [0.15, 0.2) is 0 Å². The molecule has 180 valence electrons. The van der Waals surface area contributed by atoms with Crippen molar-refractivity contribution in [1.29, 1.82) is 0 Å². The topological polar surface area (TPSA) is 77.1 Å². The zero-order valence-corrected chi connectivity index (χ0v) is 19.8. The fraction of sp³-hybridized carbons (Fsp3) is 0.214. The summed E-state index contributed by atoms with van der Waals surface area (Å²) in [5, 5.41) is 2.89. The van der Waals surface area contributed by atoms with Crippen LogP contribution in [0.1, 0.15) is 24.1 Å². The van der Waals surface area contributed by atoms with Crippen LogP contribution < -0.4 is 14.8 Å². The molecule has 2 amide bonds. The fourth-order valence-corrected chi connectivity index (χ4v) is 3.74. The second-order valence-electron chi connectivity index (χ2n) is 8.08. The second-order valence-corrected chi connectivity index (χ2v) is 8.08. The van der Waals surface area contributed by atoms with Gasteiger partial charge in [0.2, 0.25) is 0 Å². The number of allylic oxidation sites excluding steroid dienone is 1. The number of hydrogen-bond acceptors (Lipinski definition) is 5. The highest BCUT2D eigenvalue weighted by molar-refractivity contribution is 5.95. The quantitative estimate of drug-likeness (QED) is 0.356. The number of carbonyl (C=O) groups is 2. The molecule has 3 aromatic carbocycles. The summed E-state index contributed by atoms with van der Waals surface area (Å²) in [6.45, 7) is 2.50. The summed E-state index contributed by atoms with van der Waals surface area (Å²) in [7, 11) is 1.62. The highest BCUT2D eigenvalue weighted by Gasteiger charge is 2.35. The lowest BCUT2D eigenvalue weighted by molar-refractivity contribution is -0.140. The van der Waals surface area contributed by atoms with Crippen LogP contribution in [0, 0.1) is 0 Å². The van der Waals surface area contributed by atoms with Crippen molar-refractivity contribution < 1.29 is 23.8 Å². The Kier molecular flexibility index (Phi) is 7.67. The van der Waals surface area contributed by atoms with Crippen LogP contribution in [0.15, 0.2) is 96.2 Å². The molecule has 7 heteroatoms. The number of rotatable bonds is 9. The van der Waals surface area contributed by atoms with Gasteiger partial charge in [-0.25, -0.2) is 9.59 Å². The Bertz CT molecular complexity index is 1180. The number of esters is 1. The van der Waals surface area contributed by atoms with Crippen molar-refractivity contribution in [3.8, 4) is 11.5 Å². The average Bonchev–Trinajstić information content (AvgIpc) is 2.90. The first-order valence-corrected chi connectivity index (χ1v) is 11.4. The number of nitrogens with zero attached hydrogens (tertiary/aromatic N) is 1. The Balaban J connectivity index is 1.43. The fourth-order valence-electron chi connectivity index (χ4n) is 3.74. The molecule has 1 unspecified atom stereocenters. The molecule has 0 fully saturated rings. The largest absolute Gasteiger partial charge is 0.490 e. The molecule has 0 spiro atoms. The Morgan fingerprint density at radius 2 is 1.49 bits per heavy atom. The molecule has 1 atom stereocenters. The van der Waals surface area contributed by atoms with Crippen LogP contribution in [0.25, 0.3) is 0 Å². The standard InChI is InChI=1S/C28H28N2O5/c1-20-25(27(31)34-18-17-33-23-11-7-4-8-12-23)26(29-28(32)30(20)2)22-13-15-24(16-14-22)35-19-21-9-5-3-6-10-21/h3-16,26H,17-19H2,1-2H3,(H,29,32). The summed E-state index contributed by atoms with van der Waals surface area (Å²) < 4.78 is 17.0. The van der Waals surface area contributed by atoms with Gasteiger partial charge in [0.05, 0.1) is 11.6 Å². The molecule has 7 nitrogen and oxygen atoms in total. The van der Waals surface area contributed by atoms with E-state index in [9.17, 15) is 9.59 Å². The summed E-state index contributed by atoms with van der Waals surface area (Å²) in [5.74, 6) is 0.899. The van der Waals surface area contributed by atoms with E-state index in [0.29, 0.717) is 29.4 Å². The van der Waals surface area contributed by atoms with Crippen LogP contribution in [-0.2, 0) is 16.1 Å². The molecule has 0 radical (unpaired) electrons. The Hall–Kier alpha value is -4.26. The third-order valence-electron chi connectivity index (χ3n) is 5.76. The zero-order chi connectivity index (χ0) is 24.6. The van der Waals surface area contributed by atoms with Gasteiger partial charge >= 0.3 is 12.0 Å².